The molecule has 0 aliphatic heterocycles. The molecule has 0 aliphatic rings. The Bertz CT molecular complexity index is 2500. The molecular formula is C49H33N5. The first-order valence-corrected chi connectivity index (χ1v) is 17.9. The van der Waals surface area contributed by atoms with Crippen molar-refractivity contribution in [2.24, 2.45) is 0 Å². The van der Waals surface area contributed by atoms with Crippen LogP contribution in [0.5, 0.6) is 0 Å². The van der Waals surface area contributed by atoms with E-state index in [1.807, 2.05) is 42.5 Å². The summed E-state index contributed by atoms with van der Waals surface area (Å²) in [5.74, 6) is 1.69. The Hall–Kier alpha value is -7.37. The van der Waals surface area contributed by atoms with Crippen LogP contribution in [0.2, 0.25) is 0 Å². The van der Waals surface area contributed by atoms with Gasteiger partial charge in [0.25, 0.3) is 0 Å². The van der Waals surface area contributed by atoms with E-state index < -0.39 is 0 Å². The molecule has 0 saturated heterocycles. The first kappa shape index (κ1) is 32.5. The second-order valence-electron chi connectivity index (χ2n) is 13.1. The molecule has 3 heterocycles. The summed E-state index contributed by atoms with van der Waals surface area (Å²) in [5, 5.41) is 0. The van der Waals surface area contributed by atoms with Gasteiger partial charge < -0.3 is 0 Å². The van der Waals surface area contributed by atoms with Crippen molar-refractivity contribution < 1.29 is 0 Å². The molecule has 3 aromatic heterocycles. The lowest BCUT2D eigenvalue weighted by atomic mass is 9.91. The lowest BCUT2D eigenvalue weighted by Crippen LogP contribution is -2.00. The molecule has 9 aromatic rings. The topological polar surface area (TPSA) is 64.5 Å². The van der Waals surface area contributed by atoms with Crippen molar-refractivity contribution in [3.8, 4) is 89.8 Å². The molecule has 0 fully saturated rings. The third kappa shape index (κ3) is 6.94. The molecule has 0 amide bonds. The summed E-state index contributed by atoms with van der Waals surface area (Å²) in [6.07, 6.45) is 7.03. The van der Waals surface area contributed by atoms with Gasteiger partial charge in [-0.25, -0.2) is 15.0 Å². The maximum atomic E-state index is 4.95. The average Bonchev–Trinajstić information content (AvgIpc) is 3.27. The number of nitrogens with zero attached hydrogens (tertiary/aromatic N) is 5. The van der Waals surface area contributed by atoms with Gasteiger partial charge in [0.15, 0.2) is 17.5 Å². The summed E-state index contributed by atoms with van der Waals surface area (Å²) in [7, 11) is 0. The van der Waals surface area contributed by atoms with E-state index in [4.69, 9.17) is 15.0 Å². The zero-order valence-corrected chi connectivity index (χ0v) is 29.3. The second kappa shape index (κ2) is 14.7. The van der Waals surface area contributed by atoms with E-state index in [1.54, 1.807) is 24.8 Å². The Morgan fingerprint density at radius 1 is 0.222 bits per heavy atom. The van der Waals surface area contributed by atoms with Gasteiger partial charge in [0.05, 0.1) is 0 Å². The van der Waals surface area contributed by atoms with Crippen molar-refractivity contribution in [2.45, 2.75) is 0 Å². The van der Waals surface area contributed by atoms with Gasteiger partial charge in [0.1, 0.15) is 0 Å². The molecule has 5 nitrogen and oxygen atoms in total. The monoisotopic (exact) mass is 691 g/mol. The van der Waals surface area contributed by atoms with Crippen LogP contribution >= 0.6 is 0 Å². The molecule has 254 valence electrons. The quantitative estimate of drug-likeness (QED) is 0.159. The Labute approximate surface area is 314 Å². The molecular weight excluding hydrogens is 659 g/mol. The van der Waals surface area contributed by atoms with E-state index in [-0.39, 0.29) is 0 Å². The van der Waals surface area contributed by atoms with Crippen molar-refractivity contribution in [1.29, 1.82) is 0 Å². The van der Waals surface area contributed by atoms with Crippen LogP contribution in [-0.2, 0) is 0 Å². The molecule has 0 spiro atoms. The van der Waals surface area contributed by atoms with Crippen LogP contribution in [0.3, 0.4) is 0 Å². The van der Waals surface area contributed by atoms with Crippen LogP contribution in [0.25, 0.3) is 89.8 Å². The number of benzene rings is 6. The number of aromatic nitrogens is 5. The van der Waals surface area contributed by atoms with Crippen LogP contribution in [0.4, 0.5) is 0 Å². The lowest BCUT2D eigenvalue weighted by Gasteiger charge is -2.13. The van der Waals surface area contributed by atoms with E-state index in [2.05, 4.69) is 143 Å². The highest BCUT2D eigenvalue weighted by molar-refractivity contribution is 5.84. The average molecular weight is 692 g/mol. The highest BCUT2D eigenvalue weighted by atomic mass is 15.0. The SMILES string of the molecule is c1ccc(-c2ccc(-c3cc(-c4ccc(-c5ccccc5)cc4)cc(-c4cccc(-c5nc(-c6cccnc6)nc(-c6cccnc6)n5)c4)c3)cc2)cc1. The van der Waals surface area contributed by atoms with Gasteiger partial charge in [-0.05, 0) is 104 Å². The van der Waals surface area contributed by atoms with Crippen LogP contribution in [0.15, 0.2) is 201 Å². The molecule has 5 heteroatoms. The molecule has 54 heavy (non-hydrogen) atoms. The highest BCUT2D eigenvalue weighted by Gasteiger charge is 2.15. The summed E-state index contributed by atoms with van der Waals surface area (Å²) in [5.41, 5.74) is 14.0. The van der Waals surface area contributed by atoms with Crippen LogP contribution < -0.4 is 0 Å². The van der Waals surface area contributed by atoms with E-state index in [9.17, 15) is 0 Å². The zero-order chi connectivity index (χ0) is 36.1. The Morgan fingerprint density at radius 2 is 0.537 bits per heavy atom. The summed E-state index contributed by atoms with van der Waals surface area (Å²) in [6.45, 7) is 0. The van der Waals surface area contributed by atoms with E-state index in [0.29, 0.717) is 17.5 Å². The fourth-order valence-electron chi connectivity index (χ4n) is 6.69. The highest BCUT2D eigenvalue weighted by Crippen LogP contribution is 2.36. The van der Waals surface area contributed by atoms with Gasteiger partial charge in [0, 0.05) is 41.5 Å². The number of rotatable bonds is 8. The molecule has 0 N–H and O–H groups in total. The first-order valence-electron chi connectivity index (χ1n) is 17.9. The summed E-state index contributed by atoms with van der Waals surface area (Å²) < 4.78 is 0. The summed E-state index contributed by atoms with van der Waals surface area (Å²) >= 11 is 0. The Morgan fingerprint density at radius 3 is 0.963 bits per heavy atom. The summed E-state index contributed by atoms with van der Waals surface area (Å²) in [4.78, 5) is 23.3. The molecule has 9 rings (SSSR count). The predicted molar refractivity (Wildman–Crippen MR) is 219 cm³/mol. The molecule has 0 aliphatic carbocycles. The van der Waals surface area contributed by atoms with Crippen LogP contribution in [0, 0.1) is 0 Å². The lowest BCUT2D eigenvalue weighted by molar-refractivity contribution is 1.07. The van der Waals surface area contributed by atoms with Crippen molar-refractivity contribution in [3.63, 3.8) is 0 Å². The smallest absolute Gasteiger partial charge is 0.165 e. The Kier molecular flexibility index (Phi) is 8.86. The Balaban J connectivity index is 1.15. The number of hydrogen-bond acceptors (Lipinski definition) is 5. The predicted octanol–water partition coefficient (Wildman–Crippen LogP) is 12.0. The normalized spacial score (nSPS) is 11.0. The van der Waals surface area contributed by atoms with Crippen LogP contribution in [-0.4, -0.2) is 24.9 Å². The zero-order valence-electron chi connectivity index (χ0n) is 29.3. The maximum Gasteiger partial charge on any atom is 0.165 e. The minimum Gasteiger partial charge on any atom is -0.264 e. The van der Waals surface area contributed by atoms with Crippen molar-refractivity contribution in [2.75, 3.05) is 0 Å². The van der Waals surface area contributed by atoms with Crippen molar-refractivity contribution >= 4 is 0 Å². The fourth-order valence-corrected chi connectivity index (χ4v) is 6.69. The molecule has 0 bridgehead atoms. The number of hydrogen-bond donors (Lipinski definition) is 0. The first-order chi connectivity index (χ1) is 26.7. The standard InChI is InChI=1S/C49H33N5/c1-3-10-34(11-4-1)36-18-22-38(23-19-36)44-29-45(39-24-20-37(21-25-39)35-12-5-2-6-13-35)31-46(30-44)40-14-7-15-41(28-40)47-52-48(42-16-8-26-50-32-42)54-49(53-47)43-17-9-27-51-33-43/h1-33H. The van der Waals surface area contributed by atoms with Crippen molar-refractivity contribution in [1.82, 2.24) is 24.9 Å². The molecule has 0 saturated carbocycles. The molecule has 0 atom stereocenters. The van der Waals surface area contributed by atoms with Crippen molar-refractivity contribution in [3.05, 3.63) is 201 Å². The third-order valence-electron chi connectivity index (χ3n) is 9.51. The largest absolute Gasteiger partial charge is 0.264 e. The van der Waals surface area contributed by atoms with E-state index >= 15 is 0 Å². The maximum absolute atomic E-state index is 4.95. The minimum atomic E-state index is 0.555. The molecule has 0 unspecified atom stereocenters. The minimum absolute atomic E-state index is 0.555. The van der Waals surface area contributed by atoms with Crippen LogP contribution in [0.1, 0.15) is 0 Å². The number of pyridine rings is 2. The van der Waals surface area contributed by atoms with E-state index in [0.717, 1.165) is 50.1 Å². The van der Waals surface area contributed by atoms with Gasteiger partial charge in [-0.15, -0.1) is 0 Å². The van der Waals surface area contributed by atoms with E-state index in [1.165, 1.54) is 22.3 Å². The van der Waals surface area contributed by atoms with Gasteiger partial charge >= 0.3 is 0 Å². The van der Waals surface area contributed by atoms with Gasteiger partial charge in [-0.2, -0.15) is 0 Å². The van der Waals surface area contributed by atoms with Gasteiger partial charge in [-0.3, -0.25) is 9.97 Å². The third-order valence-corrected chi connectivity index (χ3v) is 9.51. The fraction of sp³-hybridized carbons (Fsp3) is 0. The second-order valence-corrected chi connectivity index (χ2v) is 13.1. The molecule has 0 radical (unpaired) electrons. The van der Waals surface area contributed by atoms with Gasteiger partial charge in [0.2, 0.25) is 0 Å². The molecule has 6 aromatic carbocycles. The summed E-state index contributed by atoms with van der Waals surface area (Å²) in [6, 6.07) is 61.6. The van der Waals surface area contributed by atoms with Gasteiger partial charge in [-0.1, -0.05) is 127 Å².